The van der Waals surface area contributed by atoms with E-state index in [-0.39, 0.29) is 6.03 Å². The molecule has 13 heavy (non-hydrogen) atoms. The Morgan fingerprint density at radius 1 is 1.38 bits per heavy atom. The van der Waals surface area contributed by atoms with Gasteiger partial charge in [-0.3, -0.25) is 0 Å². The van der Waals surface area contributed by atoms with Crippen molar-refractivity contribution in [2.75, 3.05) is 26.3 Å². The Kier molecular flexibility index (Phi) is 8.77. The molecular weight excluding hydrogens is 168 g/mol. The highest BCUT2D eigenvalue weighted by atomic mass is 16.5. The first-order valence-corrected chi connectivity index (χ1v) is 4.70. The van der Waals surface area contributed by atoms with Crippen LogP contribution in [0.1, 0.15) is 19.8 Å². The van der Waals surface area contributed by atoms with Gasteiger partial charge in [-0.2, -0.15) is 0 Å². The summed E-state index contributed by atoms with van der Waals surface area (Å²) in [5.74, 6) is 0. The highest BCUT2D eigenvalue weighted by Gasteiger charge is 1.96. The number of carbonyl (C=O) groups excluding carboxylic acids is 1. The number of hydrogen-bond donors (Lipinski definition) is 2. The summed E-state index contributed by atoms with van der Waals surface area (Å²) in [6.07, 6.45) is 1.76. The molecule has 0 unspecified atom stereocenters. The van der Waals surface area contributed by atoms with Crippen molar-refractivity contribution in [3.05, 3.63) is 6.92 Å². The van der Waals surface area contributed by atoms with E-state index in [0.717, 1.165) is 12.8 Å². The summed E-state index contributed by atoms with van der Waals surface area (Å²) >= 11 is 0. The molecule has 0 spiro atoms. The second-order valence-corrected chi connectivity index (χ2v) is 2.59. The fraction of sp³-hybridized carbons (Fsp3) is 0.778. The van der Waals surface area contributed by atoms with Gasteiger partial charge in [-0.05, 0) is 13.3 Å². The Hall–Kier alpha value is -0.770. The summed E-state index contributed by atoms with van der Waals surface area (Å²) in [4.78, 5) is 11.0. The van der Waals surface area contributed by atoms with Crippen LogP contribution in [0, 0.1) is 6.92 Å². The molecule has 0 rings (SSSR count). The van der Waals surface area contributed by atoms with Crippen LogP contribution in [0.5, 0.6) is 0 Å². The van der Waals surface area contributed by atoms with Crippen molar-refractivity contribution in [1.82, 2.24) is 10.6 Å². The molecule has 0 atom stereocenters. The maximum atomic E-state index is 11.0. The third kappa shape index (κ3) is 9.14. The smallest absolute Gasteiger partial charge is 0.314 e. The average Bonchev–Trinajstić information content (AvgIpc) is 2.13. The fourth-order valence-corrected chi connectivity index (χ4v) is 0.770. The summed E-state index contributed by atoms with van der Waals surface area (Å²) in [5, 5.41) is 5.40. The molecule has 0 bridgehead atoms. The third-order valence-electron chi connectivity index (χ3n) is 1.45. The lowest BCUT2D eigenvalue weighted by atomic mass is 10.3. The normalized spacial score (nSPS) is 9.69. The van der Waals surface area contributed by atoms with Gasteiger partial charge in [0.05, 0.1) is 6.61 Å². The molecule has 0 saturated carbocycles. The molecule has 4 heteroatoms. The van der Waals surface area contributed by atoms with Crippen LogP contribution in [0.2, 0.25) is 0 Å². The topological polar surface area (TPSA) is 50.4 Å². The number of ether oxygens (including phenoxy) is 1. The van der Waals surface area contributed by atoms with E-state index in [2.05, 4.69) is 17.6 Å². The van der Waals surface area contributed by atoms with Crippen LogP contribution in [0.15, 0.2) is 0 Å². The zero-order chi connectivity index (χ0) is 9.94. The molecular formula is C9H19N2O2. The number of amides is 2. The minimum Gasteiger partial charge on any atom is -0.380 e. The fourth-order valence-electron chi connectivity index (χ4n) is 0.770. The van der Waals surface area contributed by atoms with E-state index in [1.54, 1.807) is 0 Å². The van der Waals surface area contributed by atoms with Crippen molar-refractivity contribution in [2.24, 2.45) is 0 Å². The van der Waals surface area contributed by atoms with Crippen LogP contribution in [0.4, 0.5) is 4.79 Å². The third-order valence-corrected chi connectivity index (χ3v) is 1.45. The lowest BCUT2D eigenvalue weighted by Crippen LogP contribution is -2.37. The monoisotopic (exact) mass is 187 g/mol. The molecule has 1 radical (unpaired) electrons. The highest BCUT2D eigenvalue weighted by Crippen LogP contribution is 1.81. The van der Waals surface area contributed by atoms with E-state index in [9.17, 15) is 4.79 Å². The number of rotatable bonds is 7. The average molecular weight is 187 g/mol. The zero-order valence-corrected chi connectivity index (χ0v) is 8.27. The van der Waals surface area contributed by atoms with Crippen molar-refractivity contribution < 1.29 is 9.53 Å². The molecule has 2 amide bonds. The first-order valence-electron chi connectivity index (χ1n) is 4.70. The molecule has 0 aliphatic carbocycles. The van der Waals surface area contributed by atoms with E-state index >= 15 is 0 Å². The molecule has 77 valence electrons. The number of hydrogen-bond acceptors (Lipinski definition) is 2. The minimum absolute atomic E-state index is 0.131. The van der Waals surface area contributed by atoms with Crippen LogP contribution in [-0.4, -0.2) is 32.3 Å². The van der Waals surface area contributed by atoms with Gasteiger partial charge in [0.1, 0.15) is 0 Å². The molecule has 0 saturated heterocycles. The van der Waals surface area contributed by atoms with Crippen molar-refractivity contribution in [1.29, 1.82) is 0 Å². The van der Waals surface area contributed by atoms with E-state index in [1.807, 2.05) is 6.92 Å². The number of unbranched alkanes of at least 4 members (excludes halogenated alkanes) is 1. The Labute approximate surface area is 80.0 Å². The SMILES string of the molecule is [CH2]CCCNC(=O)NCCOCC. The summed E-state index contributed by atoms with van der Waals surface area (Å²) in [5.41, 5.74) is 0. The minimum atomic E-state index is -0.131. The first-order chi connectivity index (χ1) is 6.31. The van der Waals surface area contributed by atoms with Gasteiger partial charge in [-0.1, -0.05) is 13.3 Å². The molecule has 0 aromatic carbocycles. The maximum absolute atomic E-state index is 11.0. The van der Waals surface area contributed by atoms with E-state index in [0.29, 0.717) is 26.3 Å². The number of urea groups is 1. The quantitative estimate of drug-likeness (QED) is 0.583. The van der Waals surface area contributed by atoms with Crippen LogP contribution >= 0.6 is 0 Å². The maximum Gasteiger partial charge on any atom is 0.314 e. The van der Waals surface area contributed by atoms with Gasteiger partial charge >= 0.3 is 6.03 Å². The molecule has 0 heterocycles. The molecule has 0 aromatic heterocycles. The lowest BCUT2D eigenvalue weighted by molar-refractivity contribution is 0.149. The largest absolute Gasteiger partial charge is 0.380 e. The van der Waals surface area contributed by atoms with E-state index < -0.39 is 0 Å². The van der Waals surface area contributed by atoms with Crippen LogP contribution < -0.4 is 10.6 Å². The van der Waals surface area contributed by atoms with E-state index in [4.69, 9.17) is 4.74 Å². The van der Waals surface area contributed by atoms with Gasteiger partial charge in [-0.25, -0.2) is 4.79 Å². The molecule has 0 aliphatic heterocycles. The zero-order valence-electron chi connectivity index (χ0n) is 8.27. The summed E-state index contributed by atoms with van der Waals surface area (Å²) in [6.45, 7) is 8.10. The molecule has 4 nitrogen and oxygen atoms in total. The van der Waals surface area contributed by atoms with Crippen LogP contribution in [0.25, 0.3) is 0 Å². The van der Waals surface area contributed by atoms with Crippen molar-refractivity contribution in [3.8, 4) is 0 Å². The Morgan fingerprint density at radius 3 is 2.69 bits per heavy atom. The van der Waals surface area contributed by atoms with Gasteiger partial charge in [0.2, 0.25) is 0 Å². The predicted octanol–water partition coefficient (Wildman–Crippen LogP) is 0.936. The predicted molar refractivity (Wildman–Crippen MR) is 52.5 cm³/mol. The molecule has 2 N–H and O–H groups in total. The highest BCUT2D eigenvalue weighted by molar-refractivity contribution is 5.73. The molecule has 0 fully saturated rings. The van der Waals surface area contributed by atoms with E-state index in [1.165, 1.54) is 0 Å². The lowest BCUT2D eigenvalue weighted by Gasteiger charge is -2.06. The van der Waals surface area contributed by atoms with Crippen molar-refractivity contribution in [2.45, 2.75) is 19.8 Å². The van der Waals surface area contributed by atoms with Crippen molar-refractivity contribution >= 4 is 6.03 Å². The Morgan fingerprint density at radius 2 is 2.08 bits per heavy atom. The van der Waals surface area contributed by atoms with Gasteiger partial charge in [0.25, 0.3) is 0 Å². The Bertz CT molecular complexity index is 129. The summed E-state index contributed by atoms with van der Waals surface area (Å²) in [6, 6.07) is -0.131. The van der Waals surface area contributed by atoms with Gasteiger partial charge in [0, 0.05) is 19.7 Å². The summed E-state index contributed by atoms with van der Waals surface area (Å²) < 4.78 is 5.06. The standard InChI is InChI=1S/C9H19N2O2/c1-3-5-6-10-9(12)11-7-8-13-4-2/h1,3-8H2,2H3,(H2,10,11,12). The van der Waals surface area contributed by atoms with Gasteiger partial charge in [0.15, 0.2) is 0 Å². The molecule has 0 aliphatic rings. The molecule has 0 aromatic rings. The Balaban J connectivity index is 3.11. The second-order valence-electron chi connectivity index (χ2n) is 2.59. The van der Waals surface area contributed by atoms with Crippen molar-refractivity contribution in [3.63, 3.8) is 0 Å². The summed E-state index contributed by atoms with van der Waals surface area (Å²) in [7, 11) is 0. The van der Waals surface area contributed by atoms with Gasteiger partial charge in [-0.15, -0.1) is 0 Å². The van der Waals surface area contributed by atoms with Gasteiger partial charge < -0.3 is 15.4 Å². The first kappa shape index (κ1) is 12.2. The van der Waals surface area contributed by atoms with Crippen LogP contribution in [-0.2, 0) is 4.74 Å². The second kappa shape index (κ2) is 9.32. The number of carbonyl (C=O) groups is 1. The number of nitrogens with one attached hydrogen (secondary N) is 2. The van der Waals surface area contributed by atoms with Crippen LogP contribution in [0.3, 0.4) is 0 Å².